The molecule has 7 heteroatoms. The van der Waals surface area contributed by atoms with Gasteiger partial charge in [-0.3, -0.25) is 4.98 Å². The van der Waals surface area contributed by atoms with Crippen LogP contribution in [-0.4, -0.2) is 24.5 Å². The van der Waals surface area contributed by atoms with Crippen LogP contribution in [0.15, 0.2) is 65.6 Å². The largest absolute Gasteiger partial charge is 0.478 e. The summed E-state index contributed by atoms with van der Waals surface area (Å²) in [6.07, 6.45) is 0. The normalized spacial score (nSPS) is 11.5. The van der Waals surface area contributed by atoms with Crippen LogP contribution in [0, 0.1) is 0 Å². The predicted octanol–water partition coefficient (Wildman–Crippen LogP) is 2.41. The van der Waals surface area contributed by atoms with Gasteiger partial charge < -0.3 is 5.11 Å². The molecule has 2 aromatic carbocycles. The maximum Gasteiger partial charge on any atom is 0.335 e. The van der Waals surface area contributed by atoms with Gasteiger partial charge in [0.2, 0.25) is 10.0 Å². The van der Waals surface area contributed by atoms with Crippen molar-refractivity contribution in [2.75, 3.05) is 0 Å². The van der Waals surface area contributed by atoms with Gasteiger partial charge in [0.15, 0.2) is 0 Å². The summed E-state index contributed by atoms with van der Waals surface area (Å²) in [7, 11) is -3.74. The number of hydrogen-bond donors (Lipinski definition) is 2. The Labute approximate surface area is 138 Å². The molecule has 1 aromatic heterocycles. The highest BCUT2D eigenvalue weighted by Gasteiger charge is 2.15. The lowest BCUT2D eigenvalue weighted by Gasteiger charge is -2.07. The molecule has 0 aliphatic carbocycles. The summed E-state index contributed by atoms with van der Waals surface area (Å²) in [5, 5.41) is 9.82. The highest BCUT2D eigenvalue weighted by molar-refractivity contribution is 7.89. The van der Waals surface area contributed by atoms with Gasteiger partial charge in [-0.25, -0.2) is 17.9 Å². The van der Waals surface area contributed by atoms with Gasteiger partial charge in [-0.15, -0.1) is 0 Å². The number of carboxylic acid groups (broad SMARTS) is 1. The Bertz CT molecular complexity index is 999. The van der Waals surface area contributed by atoms with Gasteiger partial charge in [0.25, 0.3) is 0 Å². The molecule has 0 spiro atoms. The minimum absolute atomic E-state index is 0.00768. The van der Waals surface area contributed by atoms with E-state index < -0.39 is 16.0 Å². The smallest absolute Gasteiger partial charge is 0.335 e. The van der Waals surface area contributed by atoms with E-state index in [0.29, 0.717) is 5.69 Å². The summed E-state index contributed by atoms with van der Waals surface area (Å²) in [6.45, 7) is 0.0495. The molecule has 1 heterocycles. The quantitative estimate of drug-likeness (QED) is 0.742. The lowest BCUT2D eigenvalue weighted by Crippen LogP contribution is -2.23. The highest BCUT2D eigenvalue weighted by atomic mass is 32.2. The molecule has 0 radical (unpaired) electrons. The zero-order chi connectivity index (χ0) is 17.2. The maximum atomic E-state index is 12.3. The van der Waals surface area contributed by atoms with Crippen molar-refractivity contribution in [1.82, 2.24) is 9.71 Å². The Morgan fingerprint density at radius 2 is 1.71 bits per heavy atom. The van der Waals surface area contributed by atoms with E-state index in [1.54, 1.807) is 6.07 Å². The molecule has 0 amide bonds. The third kappa shape index (κ3) is 3.42. The second-order valence-corrected chi connectivity index (χ2v) is 6.92. The van der Waals surface area contributed by atoms with Crippen LogP contribution in [0.4, 0.5) is 0 Å². The van der Waals surface area contributed by atoms with Crippen LogP contribution in [0.1, 0.15) is 16.1 Å². The van der Waals surface area contributed by atoms with Crippen LogP contribution < -0.4 is 4.72 Å². The summed E-state index contributed by atoms with van der Waals surface area (Å²) in [5.41, 5.74) is 1.42. The van der Waals surface area contributed by atoms with E-state index in [1.807, 2.05) is 30.3 Å². The minimum atomic E-state index is -3.74. The number of nitrogens with one attached hydrogen (secondary N) is 1. The van der Waals surface area contributed by atoms with E-state index >= 15 is 0 Å². The molecular weight excluding hydrogens is 328 g/mol. The number of carboxylic acids is 1. The predicted molar refractivity (Wildman–Crippen MR) is 89.2 cm³/mol. The molecule has 0 unspecified atom stereocenters. The van der Waals surface area contributed by atoms with E-state index in [1.165, 1.54) is 24.3 Å². The van der Waals surface area contributed by atoms with Gasteiger partial charge in [0.1, 0.15) is 0 Å². The first-order valence-corrected chi connectivity index (χ1v) is 8.62. The van der Waals surface area contributed by atoms with Crippen molar-refractivity contribution in [2.45, 2.75) is 11.4 Å². The van der Waals surface area contributed by atoms with Gasteiger partial charge in [-0.1, -0.05) is 24.3 Å². The Kier molecular flexibility index (Phi) is 4.28. The topological polar surface area (TPSA) is 96.4 Å². The highest BCUT2D eigenvalue weighted by Crippen LogP contribution is 2.14. The van der Waals surface area contributed by atoms with Crippen LogP contribution in [0.2, 0.25) is 0 Å². The molecule has 0 aliphatic rings. The standard InChI is InChI=1S/C17H14N2O4S/c20-17(21)13-6-9-15(10-7-13)24(22,23)18-11-14-8-5-12-3-1-2-4-16(12)19-14/h1-10,18H,11H2,(H,20,21). The fourth-order valence-electron chi connectivity index (χ4n) is 2.24. The molecule has 3 aromatic rings. The monoisotopic (exact) mass is 342 g/mol. The summed E-state index contributed by atoms with van der Waals surface area (Å²) in [4.78, 5) is 15.2. The molecule has 2 N–H and O–H groups in total. The van der Waals surface area contributed by atoms with E-state index in [4.69, 9.17) is 5.11 Å². The fraction of sp³-hybridized carbons (Fsp3) is 0.0588. The number of aromatic nitrogens is 1. The molecule has 122 valence electrons. The van der Waals surface area contributed by atoms with Crippen molar-refractivity contribution in [1.29, 1.82) is 0 Å². The number of para-hydroxylation sites is 1. The van der Waals surface area contributed by atoms with Crippen molar-refractivity contribution in [2.24, 2.45) is 0 Å². The van der Waals surface area contributed by atoms with Crippen LogP contribution in [0.5, 0.6) is 0 Å². The summed E-state index contributed by atoms with van der Waals surface area (Å²) in [5.74, 6) is -1.10. The summed E-state index contributed by atoms with van der Waals surface area (Å²) < 4.78 is 27.0. The molecular formula is C17H14N2O4S. The second-order valence-electron chi connectivity index (χ2n) is 5.15. The van der Waals surface area contributed by atoms with Crippen molar-refractivity contribution < 1.29 is 18.3 Å². The van der Waals surface area contributed by atoms with Gasteiger partial charge >= 0.3 is 5.97 Å². The lowest BCUT2D eigenvalue weighted by atomic mass is 10.2. The van der Waals surface area contributed by atoms with E-state index in [-0.39, 0.29) is 17.0 Å². The molecule has 3 rings (SSSR count). The number of benzene rings is 2. The zero-order valence-electron chi connectivity index (χ0n) is 12.5. The van der Waals surface area contributed by atoms with Crippen LogP contribution in [0.25, 0.3) is 10.9 Å². The second kappa shape index (κ2) is 6.38. The van der Waals surface area contributed by atoms with Gasteiger partial charge in [-0.2, -0.15) is 0 Å². The molecule has 0 bridgehead atoms. The number of rotatable bonds is 5. The zero-order valence-corrected chi connectivity index (χ0v) is 13.3. The first-order valence-electron chi connectivity index (χ1n) is 7.13. The Balaban J connectivity index is 1.77. The lowest BCUT2D eigenvalue weighted by molar-refractivity contribution is 0.0696. The number of hydrogen-bond acceptors (Lipinski definition) is 4. The van der Waals surface area contributed by atoms with E-state index in [9.17, 15) is 13.2 Å². The van der Waals surface area contributed by atoms with Crippen LogP contribution >= 0.6 is 0 Å². The molecule has 24 heavy (non-hydrogen) atoms. The molecule has 0 aliphatic heterocycles. The third-order valence-corrected chi connectivity index (χ3v) is 4.93. The van der Waals surface area contributed by atoms with Crippen molar-refractivity contribution in [3.05, 3.63) is 71.9 Å². The fourth-order valence-corrected chi connectivity index (χ4v) is 3.23. The molecule has 0 fully saturated rings. The summed E-state index contributed by atoms with van der Waals surface area (Å²) in [6, 6.07) is 16.3. The first kappa shape index (κ1) is 16.1. The summed E-state index contributed by atoms with van der Waals surface area (Å²) >= 11 is 0. The number of pyridine rings is 1. The van der Waals surface area contributed by atoms with Gasteiger partial charge in [0, 0.05) is 5.39 Å². The Morgan fingerprint density at radius 1 is 1.00 bits per heavy atom. The van der Waals surface area contributed by atoms with Crippen molar-refractivity contribution in [3.63, 3.8) is 0 Å². The van der Waals surface area contributed by atoms with Crippen molar-refractivity contribution in [3.8, 4) is 0 Å². The Morgan fingerprint density at radius 3 is 2.42 bits per heavy atom. The maximum absolute atomic E-state index is 12.3. The van der Waals surface area contributed by atoms with E-state index in [0.717, 1.165) is 10.9 Å². The number of nitrogens with zero attached hydrogens (tertiary/aromatic N) is 1. The minimum Gasteiger partial charge on any atom is -0.478 e. The number of carbonyl (C=O) groups is 1. The van der Waals surface area contributed by atoms with Crippen LogP contribution in [-0.2, 0) is 16.6 Å². The van der Waals surface area contributed by atoms with Crippen molar-refractivity contribution >= 4 is 26.9 Å². The SMILES string of the molecule is O=C(O)c1ccc(S(=O)(=O)NCc2ccc3ccccc3n2)cc1. The third-order valence-electron chi connectivity index (χ3n) is 3.51. The van der Waals surface area contributed by atoms with Crippen LogP contribution in [0.3, 0.4) is 0 Å². The number of aromatic carboxylic acids is 1. The molecule has 0 saturated carbocycles. The number of sulfonamides is 1. The van der Waals surface area contributed by atoms with Gasteiger partial charge in [-0.05, 0) is 36.4 Å². The van der Waals surface area contributed by atoms with Gasteiger partial charge in [0.05, 0.1) is 28.2 Å². The molecule has 0 atom stereocenters. The Hall–Kier alpha value is -2.77. The average Bonchev–Trinajstić information content (AvgIpc) is 2.60. The number of fused-ring (bicyclic) bond motifs is 1. The molecule has 6 nitrogen and oxygen atoms in total. The molecule has 0 saturated heterocycles. The average molecular weight is 342 g/mol. The van der Waals surface area contributed by atoms with E-state index in [2.05, 4.69) is 9.71 Å². The first-order chi connectivity index (χ1) is 11.5.